The number of nitrogens with one attached hydrogen (secondary N) is 1. The fraction of sp³-hybridized carbons (Fsp3) is 0.524. The van der Waals surface area contributed by atoms with Gasteiger partial charge in [0.25, 0.3) is 0 Å². The molecule has 4 rings (SSSR count). The number of hydrogen-bond acceptors (Lipinski definition) is 6. The molecule has 0 spiro atoms. The van der Waals surface area contributed by atoms with Crippen LogP contribution >= 0.6 is 0 Å². The Balaban J connectivity index is 1.67. The van der Waals surface area contributed by atoms with Crippen LogP contribution in [0.3, 0.4) is 0 Å². The van der Waals surface area contributed by atoms with E-state index < -0.39 is 12.7 Å². The quantitative estimate of drug-likeness (QED) is 0.696. The van der Waals surface area contributed by atoms with Gasteiger partial charge >= 0.3 is 6.61 Å². The molecule has 156 valence electrons. The van der Waals surface area contributed by atoms with Gasteiger partial charge in [-0.3, -0.25) is 0 Å². The van der Waals surface area contributed by atoms with Crippen molar-refractivity contribution in [2.75, 3.05) is 5.32 Å². The van der Waals surface area contributed by atoms with E-state index in [0.717, 1.165) is 62.5 Å². The van der Waals surface area contributed by atoms with Gasteiger partial charge in [-0.25, -0.2) is 0 Å². The molecule has 2 atom stereocenters. The number of benzene rings is 1. The number of anilines is 1. The second kappa shape index (κ2) is 8.49. The highest BCUT2D eigenvalue weighted by Crippen LogP contribution is 2.38. The molecular weight excluding hydrogens is 380 g/mol. The highest BCUT2D eigenvalue weighted by atomic mass is 19.3. The molecular formula is C21H25F2N3O3. The minimum atomic E-state index is -2.95. The zero-order chi connectivity index (χ0) is 20.4. The first-order valence-corrected chi connectivity index (χ1v) is 10.1. The number of aliphatic hydroxyl groups is 1. The number of ether oxygens (including phenoxy) is 1. The lowest BCUT2D eigenvalue weighted by Crippen LogP contribution is -2.37. The molecule has 6 nitrogen and oxygen atoms in total. The van der Waals surface area contributed by atoms with Gasteiger partial charge in [-0.1, -0.05) is 12.8 Å². The molecule has 0 unspecified atom stereocenters. The van der Waals surface area contributed by atoms with Crippen molar-refractivity contribution in [1.29, 1.82) is 0 Å². The number of alkyl halides is 2. The van der Waals surface area contributed by atoms with Gasteiger partial charge in [0.05, 0.1) is 12.1 Å². The van der Waals surface area contributed by atoms with E-state index in [-0.39, 0.29) is 17.5 Å². The van der Waals surface area contributed by atoms with Gasteiger partial charge in [-0.05, 0) is 56.2 Å². The van der Waals surface area contributed by atoms with Crippen LogP contribution in [0.25, 0.3) is 11.3 Å². The van der Waals surface area contributed by atoms with Crippen LogP contribution in [0.15, 0.2) is 18.2 Å². The third-order valence-corrected chi connectivity index (χ3v) is 5.79. The lowest BCUT2D eigenvalue weighted by molar-refractivity contribution is -0.0499. The molecule has 1 fully saturated rings. The number of fused-ring (bicyclic) bond motifs is 1. The van der Waals surface area contributed by atoms with Gasteiger partial charge in [-0.15, -0.1) is 10.2 Å². The molecule has 29 heavy (non-hydrogen) atoms. The maximum absolute atomic E-state index is 12.4. The van der Waals surface area contributed by atoms with Crippen molar-refractivity contribution < 1.29 is 23.7 Å². The van der Waals surface area contributed by atoms with Crippen molar-refractivity contribution in [3.8, 4) is 22.8 Å². The summed E-state index contributed by atoms with van der Waals surface area (Å²) in [6.07, 6.45) is 7.08. The maximum atomic E-state index is 12.4. The van der Waals surface area contributed by atoms with E-state index in [1.807, 2.05) is 0 Å². The summed E-state index contributed by atoms with van der Waals surface area (Å²) in [5.74, 6) is 0.424. The van der Waals surface area contributed by atoms with Crippen LogP contribution in [0.4, 0.5) is 14.6 Å². The summed E-state index contributed by atoms with van der Waals surface area (Å²) in [4.78, 5) is 0. The topological polar surface area (TPSA) is 87.5 Å². The van der Waals surface area contributed by atoms with Crippen molar-refractivity contribution in [3.63, 3.8) is 0 Å². The Kier molecular flexibility index (Phi) is 5.80. The zero-order valence-electron chi connectivity index (χ0n) is 16.1. The molecule has 8 heteroatoms. The largest absolute Gasteiger partial charge is 0.507 e. The number of aromatic nitrogens is 2. The van der Waals surface area contributed by atoms with Crippen molar-refractivity contribution in [2.45, 2.75) is 70.1 Å². The van der Waals surface area contributed by atoms with Gasteiger partial charge in [-0.2, -0.15) is 8.78 Å². The highest BCUT2D eigenvalue weighted by Gasteiger charge is 2.27. The fourth-order valence-corrected chi connectivity index (χ4v) is 4.32. The van der Waals surface area contributed by atoms with E-state index in [0.29, 0.717) is 17.1 Å². The molecule has 0 aliphatic heterocycles. The molecule has 0 radical (unpaired) electrons. The Morgan fingerprint density at radius 2 is 1.79 bits per heavy atom. The molecule has 0 bridgehead atoms. The number of rotatable bonds is 5. The molecule has 0 amide bonds. The fourth-order valence-electron chi connectivity index (χ4n) is 4.32. The summed E-state index contributed by atoms with van der Waals surface area (Å²) in [5.41, 5.74) is 3.08. The lowest BCUT2D eigenvalue weighted by atomic mass is 9.88. The van der Waals surface area contributed by atoms with Gasteiger partial charge in [0.15, 0.2) is 5.82 Å². The normalized spacial score (nSPS) is 21.7. The van der Waals surface area contributed by atoms with E-state index >= 15 is 0 Å². The molecule has 2 aromatic rings. The van der Waals surface area contributed by atoms with E-state index in [2.05, 4.69) is 20.3 Å². The minimum absolute atomic E-state index is 0.0332. The van der Waals surface area contributed by atoms with E-state index in [1.165, 1.54) is 18.2 Å². The minimum Gasteiger partial charge on any atom is -0.507 e. The predicted molar refractivity (Wildman–Crippen MR) is 104 cm³/mol. The molecule has 0 saturated heterocycles. The number of phenols is 1. The standard InChI is InChI=1S/C21H25F2N3O3/c22-21(23)29-12-9-10-15(18(28)11-12)19-13-5-1-2-6-14(13)20(26-25-19)24-16-7-3-4-8-17(16)27/h9-11,16-17,21,27-28H,1-8H2,(H,24,26)/t16-,17-/m1/s1. The molecule has 3 N–H and O–H groups in total. The smallest absolute Gasteiger partial charge is 0.387 e. The first kappa shape index (κ1) is 19.8. The Morgan fingerprint density at radius 3 is 2.52 bits per heavy atom. The Labute approximate surface area is 167 Å². The van der Waals surface area contributed by atoms with Crippen molar-refractivity contribution in [1.82, 2.24) is 10.2 Å². The number of aromatic hydroxyl groups is 1. The predicted octanol–water partition coefficient (Wildman–Crippen LogP) is 4.04. The van der Waals surface area contributed by atoms with E-state index in [1.54, 1.807) is 0 Å². The summed E-state index contributed by atoms with van der Waals surface area (Å²) in [6, 6.07) is 4.06. The SMILES string of the molecule is Oc1cc(OC(F)F)ccc1-c1nnc(N[C@@H]2CCCC[C@H]2O)c2c1CCCC2. The van der Waals surface area contributed by atoms with Gasteiger partial charge in [0.2, 0.25) is 0 Å². The summed E-state index contributed by atoms with van der Waals surface area (Å²) in [6.45, 7) is -2.95. The molecule has 1 aromatic carbocycles. The Morgan fingerprint density at radius 1 is 1.03 bits per heavy atom. The summed E-state index contributed by atoms with van der Waals surface area (Å²) < 4.78 is 29.2. The number of nitrogens with zero attached hydrogens (tertiary/aromatic N) is 2. The molecule has 1 heterocycles. The first-order chi connectivity index (χ1) is 14.0. The molecule has 2 aliphatic rings. The zero-order valence-corrected chi connectivity index (χ0v) is 16.1. The van der Waals surface area contributed by atoms with Crippen LogP contribution in [0, 0.1) is 0 Å². The Bertz CT molecular complexity index is 878. The van der Waals surface area contributed by atoms with Crippen LogP contribution in [0.1, 0.15) is 49.7 Å². The third-order valence-electron chi connectivity index (χ3n) is 5.79. The first-order valence-electron chi connectivity index (χ1n) is 10.1. The van der Waals surface area contributed by atoms with Crippen LogP contribution in [-0.2, 0) is 12.8 Å². The van der Waals surface area contributed by atoms with Crippen LogP contribution in [0.5, 0.6) is 11.5 Å². The third kappa shape index (κ3) is 4.27. The van der Waals surface area contributed by atoms with Crippen molar-refractivity contribution >= 4 is 5.82 Å². The number of hydrogen-bond donors (Lipinski definition) is 3. The summed E-state index contributed by atoms with van der Waals surface area (Å²) in [5, 5.41) is 32.8. The number of aliphatic hydroxyl groups excluding tert-OH is 1. The average molecular weight is 405 g/mol. The monoisotopic (exact) mass is 405 g/mol. The van der Waals surface area contributed by atoms with Gasteiger partial charge < -0.3 is 20.3 Å². The number of halogens is 2. The van der Waals surface area contributed by atoms with Gasteiger partial charge in [0.1, 0.15) is 17.2 Å². The summed E-state index contributed by atoms with van der Waals surface area (Å²) in [7, 11) is 0. The average Bonchev–Trinajstić information content (AvgIpc) is 2.70. The van der Waals surface area contributed by atoms with Crippen molar-refractivity contribution in [2.24, 2.45) is 0 Å². The molecule has 2 aliphatic carbocycles. The summed E-state index contributed by atoms with van der Waals surface area (Å²) >= 11 is 0. The molecule has 1 aromatic heterocycles. The van der Waals surface area contributed by atoms with E-state index in [9.17, 15) is 19.0 Å². The van der Waals surface area contributed by atoms with Gasteiger partial charge in [0, 0.05) is 17.2 Å². The van der Waals surface area contributed by atoms with Crippen molar-refractivity contribution in [3.05, 3.63) is 29.3 Å². The van der Waals surface area contributed by atoms with Crippen LogP contribution in [0.2, 0.25) is 0 Å². The van der Waals surface area contributed by atoms with E-state index in [4.69, 9.17) is 0 Å². The maximum Gasteiger partial charge on any atom is 0.387 e. The molecule has 1 saturated carbocycles. The van der Waals surface area contributed by atoms with Crippen LogP contribution < -0.4 is 10.1 Å². The second-order valence-corrected chi connectivity index (χ2v) is 7.72. The second-order valence-electron chi connectivity index (χ2n) is 7.72. The lowest BCUT2D eigenvalue weighted by Gasteiger charge is -2.30. The van der Waals surface area contributed by atoms with Crippen LogP contribution in [-0.4, -0.2) is 39.2 Å². The Hall–Kier alpha value is -2.48. The number of phenolic OH excluding ortho intramolecular Hbond substituents is 1. The highest BCUT2D eigenvalue weighted by molar-refractivity contribution is 5.73.